The highest BCUT2D eigenvalue weighted by atomic mass is 35.5. The van der Waals surface area contributed by atoms with E-state index in [0.29, 0.717) is 34.6 Å². The van der Waals surface area contributed by atoms with E-state index < -0.39 is 5.91 Å². The first-order chi connectivity index (χ1) is 13.3. The number of aryl methyl sites for hydroxylation is 2. The fraction of sp³-hybridized carbons (Fsp3) is 0.300. The van der Waals surface area contributed by atoms with Gasteiger partial charge in [-0.25, -0.2) is 0 Å². The number of amides is 2. The minimum Gasteiger partial charge on any atom is -0.492 e. The monoisotopic (exact) mass is 424 g/mol. The highest BCUT2D eigenvalue weighted by molar-refractivity contribution is 6.35. The molecule has 0 aliphatic carbocycles. The van der Waals surface area contributed by atoms with Crippen LogP contribution in [0, 0.1) is 13.8 Å². The number of hydrogen-bond acceptors (Lipinski definition) is 4. The van der Waals surface area contributed by atoms with Gasteiger partial charge in [0.25, 0.3) is 5.91 Å². The average molecular weight is 425 g/mol. The van der Waals surface area contributed by atoms with Gasteiger partial charge in [-0.3, -0.25) is 20.4 Å². The van der Waals surface area contributed by atoms with Gasteiger partial charge in [0.2, 0.25) is 5.91 Å². The van der Waals surface area contributed by atoms with E-state index in [1.54, 1.807) is 18.2 Å². The lowest BCUT2D eigenvalue weighted by atomic mass is 10.1. The molecule has 2 amide bonds. The summed E-state index contributed by atoms with van der Waals surface area (Å²) in [6.45, 7) is 4.00. The van der Waals surface area contributed by atoms with E-state index in [1.807, 2.05) is 32.0 Å². The summed E-state index contributed by atoms with van der Waals surface area (Å²) >= 11 is 11.8. The number of carbonyl (C=O) groups is 2. The van der Waals surface area contributed by atoms with Crippen LogP contribution >= 0.6 is 23.2 Å². The van der Waals surface area contributed by atoms with Gasteiger partial charge >= 0.3 is 0 Å². The molecule has 28 heavy (non-hydrogen) atoms. The van der Waals surface area contributed by atoms with Gasteiger partial charge in [0, 0.05) is 11.4 Å². The van der Waals surface area contributed by atoms with Crippen LogP contribution < -0.4 is 20.3 Å². The zero-order chi connectivity index (χ0) is 20.5. The predicted octanol–water partition coefficient (Wildman–Crippen LogP) is 4.00. The van der Waals surface area contributed by atoms with Crippen LogP contribution in [0.2, 0.25) is 10.0 Å². The van der Waals surface area contributed by atoms with Crippen LogP contribution in [0.3, 0.4) is 0 Å². The van der Waals surface area contributed by atoms with Crippen molar-refractivity contribution in [3.05, 3.63) is 57.6 Å². The van der Waals surface area contributed by atoms with Gasteiger partial charge in [0.05, 0.1) is 11.6 Å². The zero-order valence-corrected chi connectivity index (χ0v) is 17.2. The van der Waals surface area contributed by atoms with Crippen molar-refractivity contribution in [1.29, 1.82) is 0 Å². The lowest BCUT2D eigenvalue weighted by Gasteiger charge is -2.11. The van der Waals surface area contributed by atoms with Crippen molar-refractivity contribution in [3.8, 4) is 11.5 Å². The summed E-state index contributed by atoms with van der Waals surface area (Å²) in [7, 11) is 0. The van der Waals surface area contributed by atoms with Crippen LogP contribution in [0.25, 0.3) is 0 Å². The smallest absolute Gasteiger partial charge is 0.276 e. The van der Waals surface area contributed by atoms with Crippen molar-refractivity contribution >= 4 is 35.0 Å². The topological polar surface area (TPSA) is 76.7 Å². The fourth-order valence-corrected chi connectivity index (χ4v) is 2.81. The second-order valence-electron chi connectivity index (χ2n) is 6.18. The normalized spacial score (nSPS) is 10.3. The predicted molar refractivity (Wildman–Crippen MR) is 109 cm³/mol. The molecular formula is C20H22Cl2N2O4. The number of benzene rings is 2. The number of ether oxygens (including phenoxy) is 2. The van der Waals surface area contributed by atoms with Gasteiger partial charge < -0.3 is 9.47 Å². The molecule has 0 saturated carbocycles. The molecule has 8 heteroatoms. The van der Waals surface area contributed by atoms with Gasteiger partial charge in [-0.05, 0) is 50.1 Å². The molecule has 2 N–H and O–H groups in total. The van der Waals surface area contributed by atoms with Gasteiger partial charge in [-0.15, -0.1) is 0 Å². The molecule has 2 aromatic carbocycles. The Balaban J connectivity index is 1.61. The first-order valence-corrected chi connectivity index (χ1v) is 9.46. The maximum Gasteiger partial charge on any atom is 0.276 e. The maximum absolute atomic E-state index is 11.8. The Bertz CT molecular complexity index is 843. The number of carbonyl (C=O) groups excluding carboxylic acids is 2. The summed E-state index contributed by atoms with van der Waals surface area (Å²) in [5.74, 6) is 0.358. The first kappa shape index (κ1) is 21.9. The molecule has 150 valence electrons. The zero-order valence-electron chi connectivity index (χ0n) is 15.7. The number of rotatable bonds is 8. The van der Waals surface area contributed by atoms with E-state index in [-0.39, 0.29) is 18.9 Å². The molecular weight excluding hydrogens is 403 g/mol. The lowest BCUT2D eigenvalue weighted by molar-refractivity contribution is -0.130. The van der Waals surface area contributed by atoms with E-state index in [2.05, 4.69) is 10.9 Å². The maximum atomic E-state index is 11.8. The van der Waals surface area contributed by atoms with Gasteiger partial charge in [0.15, 0.2) is 6.61 Å². The molecule has 6 nitrogen and oxygen atoms in total. The molecule has 0 aliphatic rings. The summed E-state index contributed by atoms with van der Waals surface area (Å²) < 4.78 is 10.9. The van der Waals surface area contributed by atoms with Crippen molar-refractivity contribution in [1.82, 2.24) is 10.9 Å². The molecule has 0 unspecified atom stereocenters. The molecule has 0 heterocycles. The van der Waals surface area contributed by atoms with Crippen molar-refractivity contribution in [2.75, 3.05) is 13.2 Å². The summed E-state index contributed by atoms with van der Waals surface area (Å²) in [5, 5.41) is 0.932. The number of nitrogens with one attached hydrogen (secondary N) is 2. The molecule has 0 bridgehead atoms. The van der Waals surface area contributed by atoms with E-state index >= 15 is 0 Å². The molecule has 0 aliphatic heterocycles. The standard InChI is InChI=1S/C20H22Cl2N2O4/c1-13-5-7-17(14(2)10-13)28-12-20(26)24-23-19(25)4-3-9-27-18-8-6-15(21)11-16(18)22/h5-8,10-11H,3-4,9,12H2,1-2H3,(H,23,25)(H,24,26). The lowest BCUT2D eigenvalue weighted by Crippen LogP contribution is -2.43. The van der Waals surface area contributed by atoms with Crippen molar-refractivity contribution in [2.45, 2.75) is 26.7 Å². The molecule has 2 rings (SSSR count). The Kier molecular flexibility index (Phi) is 8.42. The van der Waals surface area contributed by atoms with E-state index in [1.165, 1.54) is 0 Å². The van der Waals surface area contributed by atoms with Crippen LogP contribution in [0.15, 0.2) is 36.4 Å². The minimum absolute atomic E-state index is 0.184. The van der Waals surface area contributed by atoms with Crippen molar-refractivity contribution in [2.24, 2.45) is 0 Å². The van der Waals surface area contributed by atoms with E-state index in [4.69, 9.17) is 32.7 Å². The third-order valence-electron chi connectivity index (χ3n) is 3.73. The Hall–Kier alpha value is -2.44. The minimum atomic E-state index is -0.447. The molecule has 0 spiro atoms. The van der Waals surface area contributed by atoms with Crippen LogP contribution in [0.5, 0.6) is 11.5 Å². The highest BCUT2D eigenvalue weighted by Gasteiger charge is 2.08. The van der Waals surface area contributed by atoms with Gasteiger partial charge in [0.1, 0.15) is 11.5 Å². The van der Waals surface area contributed by atoms with E-state index in [9.17, 15) is 9.59 Å². The number of halogens is 2. The second-order valence-corrected chi connectivity index (χ2v) is 7.02. The molecule has 0 aromatic heterocycles. The Morgan fingerprint density at radius 2 is 1.64 bits per heavy atom. The number of hydrazine groups is 1. The summed E-state index contributed by atoms with van der Waals surface area (Å²) in [4.78, 5) is 23.5. The van der Waals surface area contributed by atoms with Crippen molar-refractivity contribution in [3.63, 3.8) is 0 Å². The summed E-state index contributed by atoms with van der Waals surface area (Å²) in [5.41, 5.74) is 6.72. The van der Waals surface area contributed by atoms with Gasteiger partial charge in [-0.1, -0.05) is 40.9 Å². The van der Waals surface area contributed by atoms with Crippen LogP contribution in [-0.4, -0.2) is 25.0 Å². The largest absolute Gasteiger partial charge is 0.492 e. The Morgan fingerprint density at radius 1 is 0.929 bits per heavy atom. The van der Waals surface area contributed by atoms with Crippen LogP contribution in [-0.2, 0) is 9.59 Å². The highest BCUT2D eigenvalue weighted by Crippen LogP contribution is 2.27. The first-order valence-electron chi connectivity index (χ1n) is 8.70. The van der Waals surface area contributed by atoms with Crippen LogP contribution in [0.1, 0.15) is 24.0 Å². The van der Waals surface area contributed by atoms with Gasteiger partial charge in [-0.2, -0.15) is 0 Å². The molecule has 0 radical (unpaired) electrons. The van der Waals surface area contributed by atoms with E-state index in [0.717, 1.165) is 11.1 Å². The second kappa shape index (κ2) is 10.8. The number of hydrogen-bond donors (Lipinski definition) is 2. The third-order valence-corrected chi connectivity index (χ3v) is 4.26. The Morgan fingerprint density at radius 3 is 2.36 bits per heavy atom. The third kappa shape index (κ3) is 7.29. The fourth-order valence-electron chi connectivity index (χ4n) is 2.35. The quantitative estimate of drug-likeness (QED) is 0.495. The molecule has 0 atom stereocenters. The average Bonchev–Trinajstić information content (AvgIpc) is 2.64. The molecule has 2 aromatic rings. The van der Waals surface area contributed by atoms with Crippen LogP contribution in [0.4, 0.5) is 0 Å². The molecule has 0 saturated heterocycles. The SMILES string of the molecule is Cc1ccc(OCC(=O)NNC(=O)CCCOc2ccc(Cl)cc2Cl)c(C)c1. The Labute approximate surface area is 174 Å². The van der Waals surface area contributed by atoms with Crippen molar-refractivity contribution < 1.29 is 19.1 Å². The summed E-state index contributed by atoms with van der Waals surface area (Å²) in [6, 6.07) is 10.6. The molecule has 0 fully saturated rings. The summed E-state index contributed by atoms with van der Waals surface area (Å²) in [6.07, 6.45) is 0.642.